The molecule has 1 unspecified atom stereocenters. The first-order chi connectivity index (χ1) is 13.9. The maximum absolute atomic E-state index is 5.06. The summed E-state index contributed by atoms with van der Waals surface area (Å²) in [5, 5.41) is 4.86. The summed E-state index contributed by atoms with van der Waals surface area (Å²) in [7, 11) is 0. The van der Waals surface area contributed by atoms with E-state index in [9.17, 15) is 0 Å². The molecule has 4 nitrogen and oxygen atoms in total. The molecule has 1 saturated heterocycles. The molecule has 0 amide bonds. The Hall–Kier alpha value is -2.27. The van der Waals surface area contributed by atoms with Gasteiger partial charge in [-0.15, -0.1) is 0 Å². The third-order valence-corrected chi connectivity index (χ3v) is 6.88. The van der Waals surface area contributed by atoms with Crippen LogP contribution in [0.4, 0.5) is 11.8 Å². The molecule has 1 atom stereocenters. The SMILES string of the molecule is c1ccc(C2CSCCN2c2nc(NC3CCCC3)c3ccccc3n2)cc1. The van der Waals surface area contributed by atoms with Crippen LogP contribution in [0.25, 0.3) is 10.9 Å². The molecule has 0 bridgehead atoms. The Labute approximate surface area is 170 Å². The highest BCUT2D eigenvalue weighted by Crippen LogP contribution is 2.34. The third kappa shape index (κ3) is 3.55. The lowest BCUT2D eigenvalue weighted by molar-refractivity contribution is 0.666. The minimum absolute atomic E-state index is 0.320. The van der Waals surface area contributed by atoms with E-state index >= 15 is 0 Å². The zero-order valence-electron chi connectivity index (χ0n) is 16.1. The summed E-state index contributed by atoms with van der Waals surface area (Å²) >= 11 is 2.02. The van der Waals surface area contributed by atoms with E-state index in [2.05, 4.69) is 64.8 Å². The van der Waals surface area contributed by atoms with E-state index in [0.29, 0.717) is 12.1 Å². The molecule has 5 heteroatoms. The van der Waals surface area contributed by atoms with Crippen LogP contribution in [-0.2, 0) is 0 Å². The van der Waals surface area contributed by atoms with Gasteiger partial charge in [-0.1, -0.05) is 55.3 Å². The lowest BCUT2D eigenvalue weighted by atomic mass is 10.1. The van der Waals surface area contributed by atoms with Crippen LogP contribution in [0.5, 0.6) is 0 Å². The van der Waals surface area contributed by atoms with Gasteiger partial charge in [-0.2, -0.15) is 16.7 Å². The van der Waals surface area contributed by atoms with E-state index in [0.717, 1.165) is 40.7 Å². The fraction of sp³-hybridized carbons (Fsp3) is 0.391. The van der Waals surface area contributed by atoms with E-state index in [1.165, 1.54) is 31.2 Å². The monoisotopic (exact) mass is 390 g/mol. The summed E-state index contributed by atoms with van der Waals surface area (Å²) in [4.78, 5) is 12.4. The zero-order valence-corrected chi connectivity index (χ0v) is 16.9. The van der Waals surface area contributed by atoms with Crippen molar-refractivity contribution in [2.75, 3.05) is 28.3 Å². The second kappa shape index (κ2) is 8.00. The molecule has 1 N–H and O–H groups in total. The molecule has 1 saturated carbocycles. The minimum Gasteiger partial charge on any atom is -0.367 e. The number of fused-ring (bicyclic) bond motifs is 1. The molecule has 5 rings (SSSR count). The predicted molar refractivity (Wildman–Crippen MR) is 119 cm³/mol. The number of rotatable bonds is 4. The van der Waals surface area contributed by atoms with Crippen LogP contribution < -0.4 is 10.2 Å². The number of para-hydroxylation sites is 1. The first kappa shape index (κ1) is 17.8. The Morgan fingerprint density at radius 1 is 0.929 bits per heavy atom. The van der Waals surface area contributed by atoms with E-state index in [-0.39, 0.29) is 0 Å². The van der Waals surface area contributed by atoms with E-state index in [4.69, 9.17) is 9.97 Å². The van der Waals surface area contributed by atoms with Crippen LogP contribution in [-0.4, -0.2) is 34.1 Å². The maximum Gasteiger partial charge on any atom is 0.228 e. The molecule has 2 aromatic carbocycles. The standard InChI is InChI=1S/C23H26N4S/c1-2-8-17(9-3-1)21-16-28-15-14-27(21)23-25-20-13-7-6-12-19(20)22(26-23)24-18-10-4-5-11-18/h1-3,6-9,12-13,18,21H,4-5,10-11,14-16H2,(H,24,25,26). The Balaban J connectivity index is 1.55. The number of nitrogens with one attached hydrogen (secondary N) is 1. The van der Waals surface area contributed by atoms with Gasteiger partial charge in [0, 0.05) is 29.5 Å². The lowest BCUT2D eigenvalue weighted by Crippen LogP contribution is -2.37. The summed E-state index contributed by atoms with van der Waals surface area (Å²) in [6.07, 6.45) is 5.10. The second-order valence-corrected chi connectivity index (χ2v) is 8.86. The Morgan fingerprint density at radius 3 is 2.57 bits per heavy atom. The minimum atomic E-state index is 0.320. The van der Waals surface area contributed by atoms with Crippen molar-refractivity contribution in [2.45, 2.75) is 37.8 Å². The number of hydrogen-bond donors (Lipinski definition) is 1. The van der Waals surface area contributed by atoms with Crippen LogP contribution in [0.2, 0.25) is 0 Å². The van der Waals surface area contributed by atoms with Crippen LogP contribution in [0.1, 0.15) is 37.3 Å². The van der Waals surface area contributed by atoms with Gasteiger partial charge in [0.2, 0.25) is 5.95 Å². The Bertz CT molecular complexity index is 940. The largest absolute Gasteiger partial charge is 0.367 e. The second-order valence-electron chi connectivity index (χ2n) is 7.71. The molecule has 2 fully saturated rings. The molecule has 3 aromatic rings. The van der Waals surface area contributed by atoms with Gasteiger partial charge in [-0.25, -0.2) is 4.98 Å². The van der Waals surface area contributed by atoms with Crippen molar-refractivity contribution in [3.63, 3.8) is 0 Å². The highest BCUT2D eigenvalue weighted by atomic mass is 32.2. The van der Waals surface area contributed by atoms with Crippen molar-refractivity contribution in [3.05, 3.63) is 60.2 Å². The number of thioether (sulfide) groups is 1. The molecule has 144 valence electrons. The fourth-order valence-electron chi connectivity index (χ4n) is 4.36. The van der Waals surface area contributed by atoms with Gasteiger partial charge < -0.3 is 10.2 Å². The van der Waals surface area contributed by atoms with Crippen LogP contribution in [0.3, 0.4) is 0 Å². The van der Waals surface area contributed by atoms with Crippen molar-refractivity contribution in [1.82, 2.24) is 9.97 Å². The quantitative estimate of drug-likeness (QED) is 0.656. The molecule has 2 heterocycles. The molecule has 1 aliphatic carbocycles. The molecule has 1 aromatic heterocycles. The van der Waals surface area contributed by atoms with Gasteiger partial charge in [0.15, 0.2) is 0 Å². The average molecular weight is 391 g/mol. The zero-order chi connectivity index (χ0) is 18.8. The Morgan fingerprint density at radius 2 is 1.71 bits per heavy atom. The molecule has 0 radical (unpaired) electrons. The van der Waals surface area contributed by atoms with Crippen molar-refractivity contribution in [2.24, 2.45) is 0 Å². The summed E-state index contributed by atoms with van der Waals surface area (Å²) in [6, 6.07) is 20.0. The number of nitrogens with zero attached hydrogens (tertiary/aromatic N) is 3. The fourth-order valence-corrected chi connectivity index (χ4v) is 5.45. The van der Waals surface area contributed by atoms with Crippen LogP contribution in [0.15, 0.2) is 54.6 Å². The Kier molecular flexibility index (Phi) is 5.08. The number of anilines is 2. The maximum atomic E-state index is 5.06. The van der Waals surface area contributed by atoms with Crippen molar-refractivity contribution in [3.8, 4) is 0 Å². The summed E-state index contributed by atoms with van der Waals surface area (Å²) < 4.78 is 0. The van der Waals surface area contributed by atoms with Gasteiger partial charge in [-0.3, -0.25) is 0 Å². The molecular formula is C23H26N4S. The third-order valence-electron chi connectivity index (χ3n) is 5.86. The number of benzene rings is 2. The highest BCUT2D eigenvalue weighted by Gasteiger charge is 2.27. The van der Waals surface area contributed by atoms with Gasteiger partial charge in [-0.05, 0) is 30.5 Å². The van der Waals surface area contributed by atoms with E-state index in [1.54, 1.807) is 0 Å². The smallest absolute Gasteiger partial charge is 0.228 e. The average Bonchev–Trinajstić information content (AvgIpc) is 3.27. The first-order valence-corrected chi connectivity index (χ1v) is 11.5. The number of aromatic nitrogens is 2. The topological polar surface area (TPSA) is 41.1 Å². The molecular weight excluding hydrogens is 364 g/mol. The van der Waals surface area contributed by atoms with Crippen LogP contribution in [0, 0.1) is 0 Å². The molecule has 28 heavy (non-hydrogen) atoms. The normalized spacial score (nSPS) is 20.6. The van der Waals surface area contributed by atoms with Gasteiger partial charge >= 0.3 is 0 Å². The van der Waals surface area contributed by atoms with Crippen molar-refractivity contribution >= 4 is 34.4 Å². The van der Waals surface area contributed by atoms with Gasteiger partial charge in [0.25, 0.3) is 0 Å². The molecule has 2 aliphatic rings. The van der Waals surface area contributed by atoms with E-state index in [1.807, 2.05) is 11.8 Å². The van der Waals surface area contributed by atoms with Crippen molar-refractivity contribution < 1.29 is 0 Å². The van der Waals surface area contributed by atoms with Crippen LogP contribution >= 0.6 is 11.8 Å². The van der Waals surface area contributed by atoms with Gasteiger partial charge in [0.1, 0.15) is 5.82 Å². The summed E-state index contributed by atoms with van der Waals surface area (Å²) in [6.45, 7) is 0.978. The van der Waals surface area contributed by atoms with Crippen molar-refractivity contribution in [1.29, 1.82) is 0 Å². The number of hydrogen-bond acceptors (Lipinski definition) is 5. The summed E-state index contributed by atoms with van der Waals surface area (Å²) in [5.74, 6) is 4.04. The lowest BCUT2D eigenvalue weighted by Gasteiger charge is -2.36. The molecule has 0 spiro atoms. The first-order valence-electron chi connectivity index (χ1n) is 10.3. The predicted octanol–water partition coefficient (Wildman–Crippen LogP) is 5.28. The van der Waals surface area contributed by atoms with E-state index < -0.39 is 0 Å². The van der Waals surface area contributed by atoms with Gasteiger partial charge in [0.05, 0.1) is 11.6 Å². The summed E-state index contributed by atoms with van der Waals surface area (Å²) in [5.41, 5.74) is 2.37. The highest BCUT2D eigenvalue weighted by molar-refractivity contribution is 7.99. The molecule has 1 aliphatic heterocycles.